The van der Waals surface area contributed by atoms with Crippen LogP contribution in [0.5, 0.6) is 11.5 Å². The number of rotatable bonds is 3. The smallest absolute Gasteiger partial charge is 0.294 e. The molecular weight excluding hydrogens is 324 g/mol. The largest absolute Gasteiger partial charge is 0.445 e. The van der Waals surface area contributed by atoms with Crippen molar-refractivity contribution in [3.63, 3.8) is 0 Å². The SMILES string of the molecule is CSc1ncc2cc(Oc3c(F)cccc3F)c(=O)n(C)c2n1. The Hall–Kier alpha value is -2.48. The van der Waals surface area contributed by atoms with Crippen molar-refractivity contribution in [1.29, 1.82) is 0 Å². The number of thioether (sulfide) groups is 1. The minimum atomic E-state index is -0.888. The summed E-state index contributed by atoms with van der Waals surface area (Å²) in [4.78, 5) is 20.7. The van der Waals surface area contributed by atoms with Crippen LogP contribution >= 0.6 is 11.8 Å². The number of hydrogen-bond donors (Lipinski definition) is 0. The van der Waals surface area contributed by atoms with E-state index in [0.29, 0.717) is 16.2 Å². The zero-order valence-corrected chi connectivity index (χ0v) is 13.0. The highest BCUT2D eigenvalue weighted by Gasteiger charge is 2.16. The van der Waals surface area contributed by atoms with E-state index in [0.717, 1.165) is 12.1 Å². The van der Waals surface area contributed by atoms with Crippen molar-refractivity contribution in [3.8, 4) is 11.5 Å². The van der Waals surface area contributed by atoms with Crippen molar-refractivity contribution in [3.05, 3.63) is 52.5 Å². The summed E-state index contributed by atoms with van der Waals surface area (Å²) in [5, 5.41) is 1.04. The number of para-hydroxylation sites is 1. The Labute approximate surface area is 133 Å². The van der Waals surface area contributed by atoms with E-state index in [4.69, 9.17) is 4.74 Å². The molecule has 3 aromatic rings. The van der Waals surface area contributed by atoms with Crippen LogP contribution in [0.25, 0.3) is 11.0 Å². The maximum atomic E-state index is 13.7. The maximum absolute atomic E-state index is 13.7. The molecule has 3 rings (SSSR count). The molecule has 0 aliphatic heterocycles. The first-order valence-electron chi connectivity index (χ1n) is 6.54. The second kappa shape index (κ2) is 5.96. The topological polar surface area (TPSA) is 57.0 Å². The first kappa shape index (κ1) is 15.4. The second-order valence-electron chi connectivity index (χ2n) is 4.66. The lowest BCUT2D eigenvalue weighted by molar-refractivity contribution is 0.401. The Balaban J connectivity index is 2.16. The quantitative estimate of drug-likeness (QED) is 0.544. The molecule has 0 fully saturated rings. The molecule has 0 amide bonds. The lowest BCUT2D eigenvalue weighted by atomic mass is 10.3. The predicted octanol–water partition coefficient (Wildman–Crippen LogP) is 3.12. The monoisotopic (exact) mass is 335 g/mol. The van der Waals surface area contributed by atoms with E-state index in [1.807, 2.05) is 6.26 Å². The third-order valence-corrected chi connectivity index (χ3v) is 3.77. The van der Waals surface area contributed by atoms with Gasteiger partial charge < -0.3 is 4.74 Å². The average molecular weight is 335 g/mol. The van der Waals surface area contributed by atoms with Gasteiger partial charge in [0.2, 0.25) is 0 Å². The van der Waals surface area contributed by atoms with Crippen molar-refractivity contribution in [2.75, 3.05) is 6.26 Å². The highest BCUT2D eigenvalue weighted by atomic mass is 32.2. The number of aryl methyl sites for hydroxylation is 1. The number of benzene rings is 1. The lowest BCUT2D eigenvalue weighted by Gasteiger charge is -2.10. The molecule has 1 aromatic carbocycles. The lowest BCUT2D eigenvalue weighted by Crippen LogP contribution is -2.19. The van der Waals surface area contributed by atoms with Crippen LogP contribution in [0.3, 0.4) is 0 Å². The van der Waals surface area contributed by atoms with Crippen molar-refractivity contribution < 1.29 is 13.5 Å². The number of halogens is 2. The van der Waals surface area contributed by atoms with E-state index >= 15 is 0 Å². The molecular formula is C15H11F2N3O2S. The van der Waals surface area contributed by atoms with E-state index in [9.17, 15) is 13.6 Å². The van der Waals surface area contributed by atoms with Crippen LogP contribution in [-0.2, 0) is 7.05 Å². The zero-order valence-electron chi connectivity index (χ0n) is 12.2. The summed E-state index contributed by atoms with van der Waals surface area (Å²) in [6, 6.07) is 4.69. The molecule has 5 nitrogen and oxygen atoms in total. The van der Waals surface area contributed by atoms with Crippen LogP contribution in [0.2, 0.25) is 0 Å². The number of fused-ring (bicyclic) bond motifs is 1. The normalized spacial score (nSPS) is 11.0. The van der Waals surface area contributed by atoms with Gasteiger partial charge in [0.15, 0.2) is 28.3 Å². The van der Waals surface area contributed by atoms with Gasteiger partial charge in [0, 0.05) is 18.6 Å². The third-order valence-electron chi connectivity index (χ3n) is 3.21. The maximum Gasteiger partial charge on any atom is 0.294 e. The van der Waals surface area contributed by atoms with Gasteiger partial charge >= 0.3 is 0 Å². The van der Waals surface area contributed by atoms with E-state index in [-0.39, 0.29) is 5.75 Å². The van der Waals surface area contributed by atoms with Crippen LogP contribution in [-0.4, -0.2) is 20.8 Å². The first-order valence-corrected chi connectivity index (χ1v) is 7.76. The van der Waals surface area contributed by atoms with Crippen molar-refractivity contribution in [2.24, 2.45) is 7.05 Å². The summed E-state index contributed by atoms with van der Waals surface area (Å²) in [6.07, 6.45) is 3.34. The predicted molar refractivity (Wildman–Crippen MR) is 83.0 cm³/mol. The Morgan fingerprint density at radius 1 is 1.26 bits per heavy atom. The first-order chi connectivity index (χ1) is 11.0. The molecule has 0 spiro atoms. The van der Waals surface area contributed by atoms with Gasteiger partial charge in [0.1, 0.15) is 5.65 Å². The molecule has 0 saturated carbocycles. The molecule has 0 aliphatic rings. The van der Waals surface area contributed by atoms with Gasteiger partial charge in [0.25, 0.3) is 5.56 Å². The molecule has 0 N–H and O–H groups in total. The van der Waals surface area contributed by atoms with Gasteiger partial charge in [0.05, 0.1) is 0 Å². The van der Waals surface area contributed by atoms with Crippen molar-refractivity contribution >= 4 is 22.8 Å². The number of aromatic nitrogens is 3. The number of ether oxygens (including phenoxy) is 1. The summed E-state index contributed by atoms with van der Waals surface area (Å²) in [7, 11) is 1.51. The zero-order chi connectivity index (χ0) is 16.6. The van der Waals surface area contributed by atoms with Crippen LogP contribution < -0.4 is 10.3 Å². The highest BCUT2D eigenvalue weighted by Crippen LogP contribution is 2.27. The van der Waals surface area contributed by atoms with Gasteiger partial charge in [-0.05, 0) is 24.5 Å². The summed E-state index contributed by atoms with van der Waals surface area (Å²) >= 11 is 1.34. The fraction of sp³-hybridized carbons (Fsp3) is 0.133. The molecule has 0 unspecified atom stereocenters. The molecule has 0 radical (unpaired) electrons. The number of hydrogen-bond acceptors (Lipinski definition) is 5. The average Bonchev–Trinajstić information content (AvgIpc) is 2.55. The Morgan fingerprint density at radius 3 is 2.61 bits per heavy atom. The van der Waals surface area contributed by atoms with Crippen LogP contribution in [0.4, 0.5) is 8.78 Å². The summed E-state index contributed by atoms with van der Waals surface area (Å²) in [6.45, 7) is 0. The molecule has 8 heteroatoms. The van der Waals surface area contributed by atoms with Gasteiger partial charge in [-0.1, -0.05) is 17.8 Å². The summed E-state index contributed by atoms with van der Waals surface area (Å²) < 4.78 is 33.8. The second-order valence-corrected chi connectivity index (χ2v) is 5.43. The third kappa shape index (κ3) is 2.77. The standard InChI is InChI=1S/C15H11F2N3O2S/c1-20-13-8(7-18-15(19-13)23-2)6-11(14(20)21)22-12-9(16)4-3-5-10(12)17/h3-7H,1-2H3. The molecule has 2 heterocycles. The fourth-order valence-corrected chi connectivity index (χ4v) is 2.40. The van der Waals surface area contributed by atoms with Crippen molar-refractivity contribution in [1.82, 2.24) is 14.5 Å². The number of pyridine rings is 1. The van der Waals surface area contributed by atoms with Gasteiger partial charge in [-0.25, -0.2) is 18.7 Å². The van der Waals surface area contributed by atoms with E-state index in [2.05, 4.69) is 9.97 Å². The van der Waals surface area contributed by atoms with E-state index < -0.39 is 22.9 Å². The minimum absolute atomic E-state index is 0.204. The molecule has 0 saturated heterocycles. The van der Waals surface area contributed by atoms with Gasteiger partial charge in [-0.3, -0.25) is 9.36 Å². The summed E-state index contributed by atoms with van der Waals surface area (Å²) in [5.41, 5.74) is -0.137. The Kier molecular flexibility index (Phi) is 3.99. The Bertz CT molecular complexity index is 939. The van der Waals surface area contributed by atoms with Crippen LogP contribution in [0.1, 0.15) is 0 Å². The Morgan fingerprint density at radius 2 is 1.96 bits per heavy atom. The number of nitrogens with zero attached hydrogens (tertiary/aromatic N) is 3. The molecule has 0 bridgehead atoms. The van der Waals surface area contributed by atoms with E-state index in [1.54, 1.807) is 0 Å². The van der Waals surface area contributed by atoms with Crippen LogP contribution in [0.15, 0.2) is 40.4 Å². The molecule has 2 aromatic heterocycles. The molecule has 0 aliphatic carbocycles. The van der Waals surface area contributed by atoms with E-state index in [1.165, 1.54) is 41.7 Å². The molecule has 0 atom stereocenters. The molecule has 23 heavy (non-hydrogen) atoms. The highest BCUT2D eigenvalue weighted by molar-refractivity contribution is 7.98. The summed E-state index contributed by atoms with van der Waals surface area (Å²) in [5.74, 6) is -2.60. The molecule has 118 valence electrons. The van der Waals surface area contributed by atoms with Crippen molar-refractivity contribution in [2.45, 2.75) is 5.16 Å². The van der Waals surface area contributed by atoms with Gasteiger partial charge in [-0.2, -0.15) is 0 Å². The minimum Gasteiger partial charge on any atom is -0.445 e. The van der Waals surface area contributed by atoms with Crippen LogP contribution in [0, 0.1) is 11.6 Å². The fourth-order valence-electron chi connectivity index (χ4n) is 2.06. The van der Waals surface area contributed by atoms with Gasteiger partial charge in [-0.15, -0.1) is 0 Å².